The molecule has 0 amide bonds. The van der Waals surface area contributed by atoms with E-state index in [1.807, 2.05) is 6.08 Å². The van der Waals surface area contributed by atoms with Gasteiger partial charge in [0.15, 0.2) is 5.78 Å². The number of benzene rings is 2. The lowest BCUT2D eigenvalue weighted by Gasteiger charge is -2.37. The molecule has 2 aliphatic rings. The molecule has 1 saturated carbocycles. The number of rotatable bonds is 5. The topological polar surface area (TPSA) is 17.1 Å². The maximum Gasteiger partial charge on any atom is 0.152 e. The van der Waals surface area contributed by atoms with Crippen LogP contribution in [0.25, 0.3) is 6.08 Å². The van der Waals surface area contributed by atoms with Crippen molar-refractivity contribution in [2.24, 2.45) is 11.8 Å². The molecule has 1 fully saturated rings. The van der Waals surface area contributed by atoms with E-state index in [4.69, 9.17) is 0 Å². The van der Waals surface area contributed by atoms with Crippen LogP contribution in [0.4, 0.5) is 0 Å². The lowest BCUT2D eigenvalue weighted by Crippen LogP contribution is -2.23. The third kappa shape index (κ3) is 4.76. The molecule has 3 atom stereocenters. The second kappa shape index (κ2) is 8.61. The van der Waals surface area contributed by atoms with E-state index in [2.05, 4.69) is 76.2 Å². The summed E-state index contributed by atoms with van der Waals surface area (Å²) >= 11 is 0. The molecule has 1 nitrogen and oxygen atoms in total. The zero-order valence-electron chi connectivity index (χ0n) is 19.7. The van der Waals surface area contributed by atoms with Gasteiger partial charge in [-0.05, 0) is 85.3 Å². The van der Waals surface area contributed by atoms with Crippen molar-refractivity contribution in [3.8, 4) is 0 Å². The molecule has 4 rings (SSSR count). The Balaban J connectivity index is 1.63. The zero-order valence-corrected chi connectivity index (χ0v) is 19.7. The molecule has 2 aliphatic carbocycles. The van der Waals surface area contributed by atoms with Crippen LogP contribution in [0.15, 0.2) is 60.2 Å². The predicted molar refractivity (Wildman–Crippen MR) is 131 cm³/mol. The van der Waals surface area contributed by atoms with Crippen molar-refractivity contribution < 1.29 is 4.79 Å². The van der Waals surface area contributed by atoms with Crippen molar-refractivity contribution in [3.63, 3.8) is 0 Å². The van der Waals surface area contributed by atoms with Crippen LogP contribution in [-0.4, -0.2) is 5.78 Å². The smallest absolute Gasteiger partial charge is 0.152 e. The van der Waals surface area contributed by atoms with Crippen molar-refractivity contribution in [3.05, 3.63) is 88.0 Å². The van der Waals surface area contributed by atoms with Crippen LogP contribution in [0.5, 0.6) is 0 Å². The highest BCUT2D eigenvalue weighted by molar-refractivity contribution is 5.91. The number of aryl methyl sites for hydroxylation is 1. The van der Waals surface area contributed by atoms with Gasteiger partial charge in [-0.15, -0.1) is 0 Å². The second-order valence-corrected chi connectivity index (χ2v) is 10.5. The molecule has 1 heteroatoms. The summed E-state index contributed by atoms with van der Waals surface area (Å²) in [5.41, 5.74) is 8.23. The number of fused-ring (bicyclic) bond motifs is 2. The standard InChI is InChI=1S/C30H36O/c1-20-14-24-16-25(15-20)18-27(17-24)26-11-6-21(2)29(19-26)30(4,5)28-12-9-23(10-13-28)8-7-22(3)31/h6-13,17,19-20,25,27H,14-16,18H2,1-5H3/b8-7+. The van der Waals surface area contributed by atoms with Crippen LogP contribution in [0.1, 0.15) is 87.1 Å². The lowest BCUT2D eigenvalue weighted by atomic mass is 9.68. The normalized spacial score (nSPS) is 23.6. The van der Waals surface area contributed by atoms with Crippen LogP contribution in [0.2, 0.25) is 0 Å². The van der Waals surface area contributed by atoms with Crippen LogP contribution in [0, 0.1) is 18.8 Å². The van der Waals surface area contributed by atoms with E-state index in [-0.39, 0.29) is 11.2 Å². The summed E-state index contributed by atoms with van der Waals surface area (Å²) in [6.07, 6.45) is 11.4. The molecular formula is C30H36O. The molecule has 2 aromatic rings. The number of ketones is 1. The molecule has 0 heterocycles. The van der Waals surface area contributed by atoms with Crippen LogP contribution in [-0.2, 0) is 10.2 Å². The van der Waals surface area contributed by atoms with Crippen molar-refractivity contribution in [1.29, 1.82) is 0 Å². The SMILES string of the molecule is CC(=O)/C=C/c1ccc(C(C)(C)c2cc(C3C=C4CC(C)CC(C4)C3)ccc2C)cc1. The average Bonchev–Trinajstić information content (AvgIpc) is 2.72. The number of carbonyl (C=O) groups is 1. The first-order valence-corrected chi connectivity index (χ1v) is 11.8. The highest BCUT2D eigenvalue weighted by Gasteiger charge is 2.31. The van der Waals surface area contributed by atoms with Gasteiger partial charge in [0.05, 0.1) is 0 Å². The van der Waals surface area contributed by atoms with E-state index >= 15 is 0 Å². The molecule has 2 aromatic carbocycles. The fourth-order valence-corrected chi connectivity index (χ4v) is 5.82. The molecule has 0 aliphatic heterocycles. The van der Waals surface area contributed by atoms with Crippen LogP contribution in [0.3, 0.4) is 0 Å². The van der Waals surface area contributed by atoms with Gasteiger partial charge in [0.2, 0.25) is 0 Å². The number of allylic oxidation sites excluding steroid dienone is 3. The van der Waals surface area contributed by atoms with E-state index in [1.165, 1.54) is 47.9 Å². The van der Waals surface area contributed by atoms with Crippen molar-refractivity contribution in [2.45, 2.75) is 71.6 Å². The Labute approximate surface area is 188 Å². The fraction of sp³-hybridized carbons (Fsp3) is 0.433. The molecule has 31 heavy (non-hydrogen) atoms. The van der Waals surface area contributed by atoms with E-state index in [0.29, 0.717) is 5.92 Å². The molecule has 0 aromatic heterocycles. The monoisotopic (exact) mass is 412 g/mol. The zero-order chi connectivity index (χ0) is 22.2. The molecule has 2 bridgehead atoms. The molecular weight excluding hydrogens is 376 g/mol. The predicted octanol–water partition coefficient (Wildman–Crippen LogP) is 7.77. The van der Waals surface area contributed by atoms with Crippen molar-refractivity contribution in [2.75, 3.05) is 0 Å². The van der Waals surface area contributed by atoms with E-state index < -0.39 is 0 Å². The van der Waals surface area contributed by atoms with Crippen LogP contribution < -0.4 is 0 Å². The van der Waals surface area contributed by atoms with Gasteiger partial charge < -0.3 is 0 Å². The highest BCUT2D eigenvalue weighted by atomic mass is 16.1. The van der Waals surface area contributed by atoms with Crippen molar-refractivity contribution >= 4 is 11.9 Å². The third-order valence-electron chi connectivity index (χ3n) is 7.43. The van der Waals surface area contributed by atoms with Gasteiger partial charge in [-0.3, -0.25) is 4.79 Å². The van der Waals surface area contributed by atoms with Gasteiger partial charge in [-0.1, -0.05) is 81.0 Å². The summed E-state index contributed by atoms with van der Waals surface area (Å²) < 4.78 is 0. The summed E-state index contributed by atoms with van der Waals surface area (Å²) in [4.78, 5) is 11.2. The average molecular weight is 413 g/mol. The van der Waals surface area contributed by atoms with E-state index in [9.17, 15) is 4.79 Å². The Morgan fingerprint density at radius 3 is 2.45 bits per heavy atom. The minimum atomic E-state index is -0.0743. The summed E-state index contributed by atoms with van der Waals surface area (Å²) in [7, 11) is 0. The first-order valence-electron chi connectivity index (χ1n) is 11.8. The first kappa shape index (κ1) is 21.8. The maximum absolute atomic E-state index is 11.2. The van der Waals surface area contributed by atoms with Gasteiger partial charge in [0.1, 0.15) is 0 Å². The molecule has 0 saturated heterocycles. The number of hydrogen-bond donors (Lipinski definition) is 0. The Hall–Kier alpha value is -2.41. The number of hydrogen-bond acceptors (Lipinski definition) is 1. The molecule has 3 unspecified atom stereocenters. The third-order valence-corrected chi connectivity index (χ3v) is 7.43. The van der Waals surface area contributed by atoms with E-state index in [1.54, 1.807) is 18.6 Å². The molecule has 0 spiro atoms. The minimum absolute atomic E-state index is 0.0743. The van der Waals surface area contributed by atoms with Gasteiger partial charge in [-0.2, -0.15) is 0 Å². The summed E-state index contributed by atoms with van der Waals surface area (Å²) in [6, 6.07) is 15.8. The highest BCUT2D eigenvalue weighted by Crippen LogP contribution is 2.45. The van der Waals surface area contributed by atoms with Crippen LogP contribution >= 0.6 is 0 Å². The molecule has 0 N–H and O–H groups in total. The Morgan fingerprint density at radius 1 is 1.03 bits per heavy atom. The summed E-state index contributed by atoms with van der Waals surface area (Å²) in [5, 5.41) is 0. The fourth-order valence-electron chi connectivity index (χ4n) is 5.82. The maximum atomic E-state index is 11.2. The Bertz CT molecular complexity index is 1020. The lowest BCUT2D eigenvalue weighted by molar-refractivity contribution is -0.112. The van der Waals surface area contributed by atoms with Gasteiger partial charge in [-0.25, -0.2) is 0 Å². The molecule has 0 radical (unpaired) electrons. The molecule has 162 valence electrons. The second-order valence-electron chi connectivity index (χ2n) is 10.5. The van der Waals surface area contributed by atoms with Gasteiger partial charge >= 0.3 is 0 Å². The Morgan fingerprint density at radius 2 is 1.77 bits per heavy atom. The van der Waals surface area contributed by atoms with Gasteiger partial charge in [0.25, 0.3) is 0 Å². The summed E-state index contributed by atoms with van der Waals surface area (Å²) in [6.45, 7) is 10.9. The van der Waals surface area contributed by atoms with Crippen molar-refractivity contribution in [1.82, 2.24) is 0 Å². The minimum Gasteiger partial charge on any atom is -0.295 e. The quantitative estimate of drug-likeness (QED) is 0.362. The summed E-state index contributed by atoms with van der Waals surface area (Å²) in [5.74, 6) is 2.36. The first-order chi connectivity index (χ1) is 14.7. The van der Waals surface area contributed by atoms with Gasteiger partial charge in [0, 0.05) is 11.3 Å². The largest absolute Gasteiger partial charge is 0.295 e. The number of carbonyl (C=O) groups excluding carboxylic acids is 1. The van der Waals surface area contributed by atoms with E-state index in [0.717, 1.165) is 17.4 Å². The Kier molecular flexibility index (Phi) is 6.06.